The quantitative estimate of drug-likeness (QED) is 0.344. The van der Waals surface area contributed by atoms with E-state index in [1.807, 2.05) is 0 Å². The van der Waals surface area contributed by atoms with Crippen LogP contribution in [0, 0.1) is 10.1 Å². The summed E-state index contributed by atoms with van der Waals surface area (Å²) < 4.78 is 10.7. The Morgan fingerprint density at radius 2 is 1.97 bits per heavy atom. The van der Waals surface area contributed by atoms with E-state index in [1.165, 1.54) is 31.4 Å². The number of rotatable bonds is 5. The minimum Gasteiger partial charge on any atom is -0.495 e. The molecule has 1 aromatic heterocycles. The van der Waals surface area contributed by atoms with Crippen LogP contribution >= 0.6 is 23.8 Å². The van der Waals surface area contributed by atoms with Crippen LogP contribution in [0.2, 0.25) is 5.02 Å². The molecule has 0 aliphatic rings. The first-order valence-corrected chi connectivity index (χ1v) is 8.97. The second kappa shape index (κ2) is 8.72. The molecule has 29 heavy (non-hydrogen) atoms. The zero-order chi connectivity index (χ0) is 21.0. The minimum atomic E-state index is -0.617. The largest absolute Gasteiger partial charge is 0.495 e. The van der Waals surface area contributed by atoms with Crippen molar-refractivity contribution >= 4 is 46.2 Å². The number of benzene rings is 2. The Morgan fingerprint density at radius 3 is 2.69 bits per heavy atom. The van der Waals surface area contributed by atoms with Gasteiger partial charge in [-0.05, 0) is 48.6 Å². The number of nitrogens with one attached hydrogen (secondary N) is 2. The summed E-state index contributed by atoms with van der Waals surface area (Å²) in [4.78, 5) is 23.1. The van der Waals surface area contributed by atoms with Crippen molar-refractivity contribution in [2.45, 2.75) is 0 Å². The van der Waals surface area contributed by atoms with Gasteiger partial charge in [-0.3, -0.25) is 20.2 Å². The van der Waals surface area contributed by atoms with Gasteiger partial charge in [-0.2, -0.15) is 0 Å². The van der Waals surface area contributed by atoms with Crippen molar-refractivity contribution in [3.05, 3.63) is 75.5 Å². The second-order valence-corrected chi connectivity index (χ2v) is 6.54. The van der Waals surface area contributed by atoms with Crippen molar-refractivity contribution in [1.82, 2.24) is 5.32 Å². The number of para-hydroxylation sites is 1. The maximum atomic E-state index is 12.4. The molecule has 1 heterocycles. The number of methoxy groups -OCH3 is 1. The van der Waals surface area contributed by atoms with Crippen molar-refractivity contribution in [1.29, 1.82) is 0 Å². The van der Waals surface area contributed by atoms with Gasteiger partial charge in [0.2, 0.25) is 0 Å². The monoisotopic (exact) mass is 431 g/mol. The molecule has 0 atom stereocenters. The Kier molecular flexibility index (Phi) is 6.10. The van der Waals surface area contributed by atoms with Gasteiger partial charge in [0.1, 0.15) is 11.5 Å². The number of amides is 1. The molecule has 10 heteroatoms. The van der Waals surface area contributed by atoms with Crippen LogP contribution in [0.5, 0.6) is 5.75 Å². The average molecular weight is 432 g/mol. The molecule has 0 unspecified atom stereocenters. The smallest absolute Gasteiger partial charge is 0.293 e. The maximum absolute atomic E-state index is 12.4. The van der Waals surface area contributed by atoms with Crippen LogP contribution in [-0.2, 0) is 0 Å². The molecule has 2 aromatic carbocycles. The highest BCUT2D eigenvalue weighted by Crippen LogP contribution is 2.31. The summed E-state index contributed by atoms with van der Waals surface area (Å²) in [7, 11) is 1.49. The number of carbonyl (C=O) groups excluding carboxylic acids is 1. The number of furan rings is 1. The van der Waals surface area contributed by atoms with Crippen LogP contribution in [-0.4, -0.2) is 23.1 Å². The highest BCUT2D eigenvalue weighted by Gasteiger charge is 2.20. The molecule has 8 nitrogen and oxygen atoms in total. The number of hydrogen-bond acceptors (Lipinski definition) is 6. The lowest BCUT2D eigenvalue weighted by Crippen LogP contribution is -2.34. The lowest BCUT2D eigenvalue weighted by atomic mass is 10.1. The topological polar surface area (TPSA) is 107 Å². The molecular weight excluding hydrogens is 418 g/mol. The third-order valence-electron chi connectivity index (χ3n) is 3.83. The van der Waals surface area contributed by atoms with Gasteiger partial charge in [0.25, 0.3) is 11.6 Å². The number of anilines is 1. The van der Waals surface area contributed by atoms with E-state index in [1.54, 1.807) is 30.3 Å². The van der Waals surface area contributed by atoms with E-state index in [2.05, 4.69) is 10.6 Å². The van der Waals surface area contributed by atoms with Crippen molar-refractivity contribution in [3.8, 4) is 17.1 Å². The molecule has 0 bridgehead atoms. The predicted molar refractivity (Wildman–Crippen MR) is 112 cm³/mol. The Balaban J connectivity index is 1.74. The van der Waals surface area contributed by atoms with E-state index in [0.717, 1.165) is 0 Å². The minimum absolute atomic E-state index is 0.000733. The average Bonchev–Trinajstić information content (AvgIpc) is 3.18. The van der Waals surface area contributed by atoms with Gasteiger partial charge < -0.3 is 14.5 Å². The van der Waals surface area contributed by atoms with Crippen LogP contribution in [0.1, 0.15) is 10.6 Å². The summed E-state index contributed by atoms with van der Waals surface area (Å²) in [6.45, 7) is 0. The molecule has 0 aliphatic carbocycles. The first-order chi connectivity index (χ1) is 13.9. The van der Waals surface area contributed by atoms with Crippen molar-refractivity contribution < 1.29 is 18.9 Å². The zero-order valence-electron chi connectivity index (χ0n) is 15.0. The van der Waals surface area contributed by atoms with Gasteiger partial charge in [-0.1, -0.05) is 23.7 Å². The Bertz CT molecular complexity index is 1100. The molecule has 0 fully saturated rings. The van der Waals surface area contributed by atoms with Crippen LogP contribution in [0.15, 0.2) is 59.0 Å². The summed E-state index contributed by atoms with van der Waals surface area (Å²) in [6.07, 6.45) is 0. The summed E-state index contributed by atoms with van der Waals surface area (Å²) >= 11 is 11.1. The van der Waals surface area contributed by atoms with Crippen molar-refractivity contribution in [3.63, 3.8) is 0 Å². The number of nitro benzene ring substituents is 1. The van der Waals surface area contributed by atoms with E-state index in [4.69, 9.17) is 33.0 Å². The van der Waals surface area contributed by atoms with Gasteiger partial charge >= 0.3 is 0 Å². The van der Waals surface area contributed by atoms with E-state index >= 15 is 0 Å². The van der Waals surface area contributed by atoms with E-state index in [9.17, 15) is 14.9 Å². The fraction of sp³-hybridized carbons (Fsp3) is 0.0526. The van der Waals surface area contributed by atoms with Crippen LogP contribution < -0.4 is 15.4 Å². The molecule has 0 aliphatic heterocycles. The van der Waals surface area contributed by atoms with Crippen LogP contribution in [0.25, 0.3) is 11.3 Å². The summed E-state index contributed by atoms with van der Waals surface area (Å²) in [6, 6.07) is 13.9. The molecule has 0 saturated carbocycles. The molecule has 148 valence electrons. The fourth-order valence-corrected chi connectivity index (χ4v) is 2.92. The molecule has 0 spiro atoms. The van der Waals surface area contributed by atoms with E-state index in [-0.39, 0.29) is 27.9 Å². The Labute approximate surface area is 175 Å². The summed E-state index contributed by atoms with van der Waals surface area (Å²) in [5.74, 6) is 0.00852. The number of ether oxygens (including phenoxy) is 1. The number of halogens is 1. The first-order valence-electron chi connectivity index (χ1n) is 8.18. The number of nitrogens with zero attached hydrogens (tertiary/aromatic N) is 1. The van der Waals surface area contributed by atoms with E-state index in [0.29, 0.717) is 16.5 Å². The number of hydrogen-bond donors (Lipinski definition) is 2. The van der Waals surface area contributed by atoms with Crippen LogP contribution in [0.3, 0.4) is 0 Å². The van der Waals surface area contributed by atoms with Gasteiger partial charge in [-0.25, -0.2) is 0 Å². The molecule has 0 radical (unpaired) electrons. The number of nitro groups is 1. The molecular formula is C19H14ClN3O5S. The normalized spacial score (nSPS) is 10.3. The van der Waals surface area contributed by atoms with Crippen LogP contribution in [0.4, 0.5) is 11.4 Å². The van der Waals surface area contributed by atoms with Gasteiger partial charge in [-0.15, -0.1) is 0 Å². The molecule has 2 N–H and O–H groups in total. The lowest BCUT2D eigenvalue weighted by molar-refractivity contribution is -0.384. The first kappa shape index (κ1) is 20.3. The van der Waals surface area contributed by atoms with Gasteiger partial charge in [0.15, 0.2) is 10.9 Å². The van der Waals surface area contributed by atoms with Crippen molar-refractivity contribution in [2.75, 3.05) is 12.4 Å². The summed E-state index contributed by atoms with van der Waals surface area (Å²) in [5.41, 5.74) is 0.616. The standard InChI is InChI=1S/C19H14ClN3O5S/c1-27-16-7-6-11(20)10-13(16)21-19(29)22-18(24)17-9-8-15(28-17)12-4-2-3-5-14(12)23(25)26/h2-10H,1H3,(H2,21,22,24,29). The predicted octanol–water partition coefficient (Wildman–Crippen LogP) is 4.64. The highest BCUT2D eigenvalue weighted by atomic mass is 35.5. The third kappa shape index (κ3) is 4.71. The number of carbonyl (C=O) groups is 1. The van der Waals surface area contributed by atoms with Gasteiger partial charge in [0.05, 0.1) is 23.3 Å². The highest BCUT2D eigenvalue weighted by molar-refractivity contribution is 7.80. The van der Waals surface area contributed by atoms with Crippen molar-refractivity contribution in [2.24, 2.45) is 0 Å². The zero-order valence-corrected chi connectivity index (χ0v) is 16.5. The molecule has 3 aromatic rings. The van der Waals surface area contributed by atoms with Gasteiger partial charge in [0, 0.05) is 11.1 Å². The molecule has 3 rings (SSSR count). The second-order valence-electron chi connectivity index (χ2n) is 5.69. The SMILES string of the molecule is COc1ccc(Cl)cc1NC(=S)NC(=O)c1ccc(-c2ccccc2[N+](=O)[O-])o1. The molecule has 0 saturated heterocycles. The fourth-order valence-electron chi connectivity index (χ4n) is 2.54. The summed E-state index contributed by atoms with van der Waals surface area (Å²) in [5, 5.41) is 16.9. The lowest BCUT2D eigenvalue weighted by Gasteiger charge is -2.12. The Morgan fingerprint density at radius 1 is 1.21 bits per heavy atom. The maximum Gasteiger partial charge on any atom is 0.293 e. The number of thiocarbonyl (C=S) groups is 1. The Hall–Kier alpha value is -3.43. The third-order valence-corrected chi connectivity index (χ3v) is 4.27. The van der Waals surface area contributed by atoms with E-state index < -0.39 is 10.8 Å². The molecule has 1 amide bonds.